The van der Waals surface area contributed by atoms with Crippen molar-refractivity contribution in [2.75, 3.05) is 0 Å². The predicted molar refractivity (Wildman–Crippen MR) is 106 cm³/mol. The number of amides is 2. The zero-order chi connectivity index (χ0) is 18.9. The number of carbonyl (C=O) groups excluding carboxylic acids is 1. The number of nitrogens with two attached hydrogens (primary N) is 1. The molecule has 0 aliphatic rings. The number of nitrogens with one attached hydrogen (secondary N) is 3. The van der Waals surface area contributed by atoms with Gasteiger partial charge in [-0.15, -0.1) is 0 Å². The van der Waals surface area contributed by atoms with Crippen LogP contribution >= 0.6 is 0 Å². The molecular formula is C20H23N5O. The third-order valence-electron chi connectivity index (χ3n) is 3.63. The van der Waals surface area contributed by atoms with Gasteiger partial charge in [0.2, 0.25) is 0 Å². The highest BCUT2D eigenvalue weighted by atomic mass is 16.2. The fourth-order valence-corrected chi connectivity index (χ4v) is 2.28. The molecule has 6 heteroatoms. The maximum absolute atomic E-state index is 10.5. The summed E-state index contributed by atoms with van der Waals surface area (Å²) in [7, 11) is 0. The summed E-state index contributed by atoms with van der Waals surface area (Å²) in [6.45, 7) is 9.80. The SMILES string of the molecule is C=C/C=C\C(=C)c1cnc(CNC(N)=O)[nH]1.Cc1c[nH]c2ccccc12. The molecule has 2 amide bonds. The average molecular weight is 349 g/mol. The van der Waals surface area contributed by atoms with Gasteiger partial charge in [-0.3, -0.25) is 0 Å². The number of para-hydroxylation sites is 1. The van der Waals surface area contributed by atoms with Gasteiger partial charge in [0.1, 0.15) is 5.82 Å². The van der Waals surface area contributed by atoms with E-state index in [4.69, 9.17) is 5.73 Å². The Morgan fingerprint density at radius 1 is 1.38 bits per heavy atom. The van der Waals surface area contributed by atoms with E-state index >= 15 is 0 Å². The number of urea groups is 1. The Kier molecular flexibility index (Phi) is 6.56. The Balaban J connectivity index is 0.000000206. The number of primary amides is 1. The van der Waals surface area contributed by atoms with Crippen molar-refractivity contribution in [2.45, 2.75) is 13.5 Å². The summed E-state index contributed by atoms with van der Waals surface area (Å²) in [6, 6.07) is 7.73. The van der Waals surface area contributed by atoms with E-state index < -0.39 is 6.03 Å². The van der Waals surface area contributed by atoms with Crippen molar-refractivity contribution in [3.63, 3.8) is 0 Å². The van der Waals surface area contributed by atoms with Gasteiger partial charge in [-0.2, -0.15) is 0 Å². The molecule has 0 aliphatic heterocycles. The quantitative estimate of drug-likeness (QED) is 0.527. The summed E-state index contributed by atoms with van der Waals surface area (Å²) in [5.41, 5.74) is 9.06. The Labute approximate surface area is 152 Å². The number of nitrogens with zero attached hydrogens (tertiary/aromatic N) is 1. The number of imidazole rings is 1. The molecular weight excluding hydrogens is 326 g/mol. The molecule has 0 saturated heterocycles. The maximum Gasteiger partial charge on any atom is 0.312 e. The molecule has 2 aromatic heterocycles. The summed E-state index contributed by atoms with van der Waals surface area (Å²) in [4.78, 5) is 20.8. The van der Waals surface area contributed by atoms with Gasteiger partial charge < -0.3 is 21.0 Å². The second kappa shape index (κ2) is 9.08. The van der Waals surface area contributed by atoms with Crippen LogP contribution in [0.1, 0.15) is 17.1 Å². The molecule has 5 N–H and O–H groups in total. The van der Waals surface area contributed by atoms with Crippen LogP contribution in [-0.2, 0) is 6.54 Å². The minimum Gasteiger partial charge on any atom is -0.361 e. The molecule has 1 aromatic carbocycles. The third kappa shape index (κ3) is 5.24. The van der Waals surface area contributed by atoms with Crippen LogP contribution in [-0.4, -0.2) is 21.0 Å². The molecule has 0 bridgehead atoms. The van der Waals surface area contributed by atoms with E-state index in [2.05, 4.69) is 58.5 Å². The molecule has 0 unspecified atom stereocenters. The highest BCUT2D eigenvalue weighted by molar-refractivity contribution is 5.82. The van der Waals surface area contributed by atoms with E-state index in [1.165, 1.54) is 16.5 Å². The molecule has 0 saturated carbocycles. The average Bonchev–Trinajstić information content (AvgIpc) is 3.26. The van der Waals surface area contributed by atoms with E-state index in [-0.39, 0.29) is 6.54 Å². The molecule has 0 spiro atoms. The molecule has 0 radical (unpaired) electrons. The largest absolute Gasteiger partial charge is 0.361 e. The number of allylic oxidation sites excluding steroid dienone is 4. The first kappa shape index (κ1) is 18.8. The lowest BCUT2D eigenvalue weighted by molar-refractivity contribution is 0.248. The summed E-state index contributed by atoms with van der Waals surface area (Å²) >= 11 is 0. The zero-order valence-corrected chi connectivity index (χ0v) is 14.8. The van der Waals surface area contributed by atoms with Crippen molar-refractivity contribution in [1.82, 2.24) is 20.3 Å². The van der Waals surface area contributed by atoms with E-state index in [1.54, 1.807) is 18.3 Å². The van der Waals surface area contributed by atoms with E-state index in [0.717, 1.165) is 11.3 Å². The van der Waals surface area contributed by atoms with Crippen LogP contribution < -0.4 is 11.1 Å². The Morgan fingerprint density at radius 2 is 2.15 bits per heavy atom. The molecule has 2 heterocycles. The number of aryl methyl sites for hydroxylation is 1. The Hall–Kier alpha value is -3.54. The van der Waals surface area contributed by atoms with Gasteiger partial charge in [0, 0.05) is 17.1 Å². The Bertz CT molecular complexity index is 932. The normalized spacial score (nSPS) is 10.3. The zero-order valence-electron chi connectivity index (χ0n) is 14.8. The van der Waals surface area contributed by atoms with Gasteiger partial charge >= 0.3 is 6.03 Å². The number of rotatable bonds is 5. The molecule has 26 heavy (non-hydrogen) atoms. The number of fused-ring (bicyclic) bond motifs is 1. The van der Waals surface area contributed by atoms with Crippen molar-refractivity contribution < 1.29 is 4.79 Å². The monoisotopic (exact) mass is 349 g/mol. The maximum atomic E-state index is 10.5. The van der Waals surface area contributed by atoms with Crippen molar-refractivity contribution in [2.24, 2.45) is 5.73 Å². The number of carbonyl (C=O) groups is 1. The van der Waals surface area contributed by atoms with Gasteiger partial charge in [-0.25, -0.2) is 9.78 Å². The minimum absolute atomic E-state index is 0.272. The van der Waals surface area contributed by atoms with Crippen molar-refractivity contribution in [1.29, 1.82) is 0 Å². The minimum atomic E-state index is -0.580. The third-order valence-corrected chi connectivity index (χ3v) is 3.63. The van der Waals surface area contributed by atoms with Gasteiger partial charge in [0.25, 0.3) is 0 Å². The summed E-state index contributed by atoms with van der Waals surface area (Å²) < 4.78 is 0. The standard InChI is InChI=1S/C11H14N4O.C9H9N/c1-3-4-5-8(2)9-6-13-10(15-9)7-14-11(12)16;1-7-6-10-9-5-3-2-4-8(7)9/h3-6H,1-2,7H2,(H,13,15)(H3,12,14,16);2-6,10H,1H3/b5-4-;. The molecule has 6 nitrogen and oxygen atoms in total. The first-order chi connectivity index (χ1) is 12.5. The number of benzene rings is 1. The fraction of sp³-hybridized carbons (Fsp3) is 0.100. The molecule has 0 fully saturated rings. The second-order valence-electron chi connectivity index (χ2n) is 5.60. The highest BCUT2D eigenvalue weighted by Gasteiger charge is 2.02. The lowest BCUT2D eigenvalue weighted by atomic mass is 10.2. The highest BCUT2D eigenvalue weighted by Crippen LogP contribution is 2.15. The van der Waals surface area contributed by atoms with Crippen molar-refractivity contribution in [3.05, 3.63) is 85.1 Å². The van der Waals surface area contributed by atoms with E-state index in [1.807, 2.05) is 18.3 Å². The summed E-state index contributed by atoms with van der Waals surface area (Å²) in [5, 5.41) is 3.76. The molecule has 3 rings (SSSR count). The van der Waals surface area contributed by atoms with Crippen LogP contribution in [0, 0.1) is 6.92 Å². The summed E-state index contributed by atoms with van der Waals surface area (Å²) in [5.74, 6) is 0.627. The second-order valence-corrected chi connectivity index (χ2v) is 5.60. The summed E-state index contributed by atoms with van der Waals surface area (Å²) in [6.07, 6.45) is 8.94. The first-order valence-corrected chi connectivity index (χ1v) is 8.09. The van der Waals surface area contributed by atoms with E-state index in [9.17, 15) is 4.79 Å². The Morgan fingerprint density at radius 3 is 2.85 bits per heavy atom. The van der Waals surface area contributed by atoms with Gasteiger partial charge in [0.15, 0.2) is 0 Å². The topological polar surface area (TPSA) is 99.6 Å². The number of aromatic nitrogens is 3. The number of aromatic amines is 2. The van der Waals surface area contributed by atoms with Crippen LogP contribution in [0.4, 0.5) is 4.79 Å². The van der Waals surface area contributed by atoms with Gasteiger partial charge in [-0.05, 0) is 24.1 Å². The van der Waals surface area contributed by atoms with Crippen molar-refractivity contribution >= 4 is 22.5 Å². The van der Waals surface area contributed by atoms with Gasteiger partial charge in [0.05, 0.1) is 18.4 Å². The lowest BCUT2D eigenvalue weighted by Crippen LogP contribution is -2.29. The number of hydrogen-bond donors (Lipinski definition) is 4. The fourth-order valence-electron chi connectivity index (χ4n) is 2.28. The molecule has 3 aromatic rings. The van der Waals surface area contributed by atoms with Crippen molar-refractivity contribution in [3.8, 4) is 0 Å². The number of H-pyrrole nitrogens is 2. The molecule has 0 atom stereocenters. The first-order valence-electron chi connectivity index (χ1n) is 8.09. The van der Waals surface area contributed by atoms with Crippen LogP contribution in [0.3, 0.4) is 0 Å². The van der Waals surface area contributed by atoms with E-state index in [0.29, 0.717) is 5.82 Å². The van der Waals surface area contributed by atoms with Crippen LogP contribution in [0.15, 0.2) is 68.0 Å². The smallest absolute Gasteiger partial charge is 0.312 e. The molecule has 0 aliphatic carbocycles. The van der Waals surface area contributed by atoms with Crippen LogP contribution in [0.5, 0.6) is 0 Å². The van der Waals surface area contributed by atoms with Gasteiger partial charge in [-0.1, -0.05) is 49.6 Å². The lowest BCUT2D eigenvalue weighted by Gasteiger charge is -1.97. The number of hydrogen-bond acceptors (Lipinski definition) is 2. The molecule has 134 valence electrons. The predicted octanol–water partition coefficient (Wildman–Crippen LogP) is 3.81. The van der Waals surface area contributed by atoms with Crippen LogP contribution in [0.2, 0.25) is 0 Å². The van der Waals surface area contributed by atoms with Crippen LogP contribution in [0.25, 0.3) is 16.5 Å².